The van der Waals surface area contributed by atoms with E-state index in [1.54, 1.807) is 18.7 Å². The first-order valence-electron chi connectivity index (χ1n) is 9.06. The first-order valence-corrected chi connectivity index (χ1v) is 9.06. The normalized spacial score (nSPS) is 11.0. The third kappa shape index (κ3) is 2.72. The lowest BCUT2D eigenvalue weighted by Gasteiger charge is -2.14. The van der Waals surface area contributed by atoms with Crippen LogP contribution in [0.2, 0.25) is 0 Å². The summed E-state index contributed by atoms with van der Waals surface area (Å²) < 4.78 is 0. The van der Waals surface area contributed by atoms with Gasteiger partial charge in [-0.05, 0) is 43.4 Å². The Hall–Kier alpha value is -3.65. The van der Waals surface area contributed by atoms with Gasteiger partial charge in [0.05, 0.1) is 6.33 Å². The van der Waals surface area contributed by atoms with Crippen LogP contribution in [0.25, 0.3) is 43.4 Å². The van der Waals surface area contributed by atoms with Crippen molar-refractivity contribution in [3.05, 3.63) is 104 Å². The summed E-state index contributed by atoms with van der Waals surface area (Å²) in [5.41, 5.74) is 2.59. The van der Waals surface area contributed by atoms with E-state index in [0.717, 1.165) is 0 Å². The quantitative estimate of drug-likeness (QED) is 0.331. The molecule has 6 aromatic rings. The van der Waals surface area contributed by atoms with Crippen LogP contribution in [0, 0.1) is 0 Å². The van der Waals surface area contributed by atoms with E-state index in [0.29, 0.717) is 0 Å². The Morgan fingerprint density at radius 2 is 1.30 bits per heavy atom. The van der Waals surface area contributed by atoms with Gasteiger partial charge in [-0.1, -0.05) is 84.9 Å². The van der Waals surface area contributed by atoms with E-state index < -0.39 is 0 Å². The monoisotopic (exact) mass is 346 g/mol. The smallest absolute Gasteiger partial charge is 0.0919 e. The molecule has 0 saturated heterocycles. The second kappa shape index (κ2) is 6.58. The SMILES string of the molecule is c1c[nH]cn1.c1ccc(-c2ccc3ccc4cccc5ccc2c3c45)cc1. The van der Waals surface area contributed by atoms with E-state index in [-0.39, 0.29) is 0 Å². The van der Waals surface area contributed by atoms with Gasteiger partial charge in [0, 0.05) is 12.4 Å². The van der Waals surface area contributed by atoms with Gasteiger partial charge in [-0.25, -0.2) is 4.98 Å². The number of aromatic amines is 1. The molecular formula is C25H18N2. The van der Waals surface area contributed by atoms with E-state index in [9.17, 15) is 0 Å². The van der Waals surface area contributed by atoms with Gasteiger partial charge in [0.25, 0.3) is 0 Å². The van der Waals surface area contributed by atoms with Crippen LogP contribution in [-0.2, 0) is 0 Å². The first kappa shape index (κ1) is 15.6. The van der Waals surface area contributed by atoms with Gasteiger partial charge in [-0.15, -0.1) is 0 Å². The van der Waals surface area contributed by atoms with E-state index in [1.165, 1.54) is 43.4 Å². The second-order valence-electron chi connectivity index (χ2n) is 6.60. The van der Waals surface area contributed by atoms with Crippen LogP contribution in [-0.4, -0.2) is 9.97 Å². The Labute approximate surface area is 157 Å². The Morgan fingerprint density at radius 1 is 0.593 bits per heavy atom. The summed E-state index contributed by atoms with van der Waals surface area (Å²) >= 11 is 0. The maximum atomic E-state index is 3.67. The van der Waals surface area contributed by atoms with E-state index in [1.807, 2.05) is 0 Å². The van der Waals surface area contributed by atoms with Crippen molar-refractivity contribution in [2.75, 3.05) is 0 Å². The number of H-pyrrole nitrogens is 1. The number of benzene rings is 5. The number of nitrogens with one attached hydrogen (secondary N) is 1. The highest BCUT2D eigenvalue weighted by molar-refractivity contribution is 6.25. The molecule has 0 unspecified atom stereocenters. The Bertz CT molecular complexity index is 1270. The lowest BCUT2D eigenvalue weighted by atomic mass is 9.90. The molecule has 2 nitrogen and oxygen atoms in total. The van der Waals surface area contributed by atoms with Crippen molar-refractivity contribution in [2.45, 2.75) is 0 Å². The fourth-order valence-corrected chi connectivity index (χ4v) is 3.82. The van der Waals surface area contributed by atoms with Crippen LogP contribution in [0.15, 0.2) is 104 Å². The number of imidazole rings is 1. The molecule has 0 aliphatic carbocycles. The minimum absolute atomic E-state index is 1.28. The van der Waals surface area contributed by atoms with Gasteiger partial charge in [-0.2, -0.15) is 0 Å². The fraction of sp³-hybridized carbons (Fsp3) is 0. The molecule has 6 rings (SSSR count). The Kier molecular flexibility index (Phi) is 3.80. The second-order valence-corrected chi connectivity index (χ2v) is 6.60. The molecule has 0 spiro atoms. The number of nitrogens with zero attached hydrogens (tertiary/aromatic N) is 1. The molecule has 0 bridgehead atoms. The highest BCUT2D eigenvalue weighted by Gasteiger charge is 2.11. The van der Waals surface area contributed by atoms with Crippen molar-refractivity contribution in [1.29, 1.82) is 0 Å². The van der Waals surface area contributed by atoms with E-state index in [2.05, 4.69) is 94.9 Å². The molecule has 0 radical (unpaired) electrons. The molecule has 5 aromatic carbocycles. The summed E-state index contributed by atoms with van der Waals surface area (Å²) in [6.45, 7) is 0. The summed E-state index contributed by atoms with van der Waals surface area (Å²) in [6, 6.07) is 30.7. The molecule has 128 valence electrons. The Balaban J connectivity index is 0.000000280. The van der Waals surface area contributed by atoms with Gasteiger partial charge < -0.3 is 4.98 Å². The van der Waals surface area contributed by atoms with Crippen LogP contribution in [0.5, 0.6) is 0 Å². The molecule has 1 aromatic heterocycles. The van der Waals surface area contributed by atoms with Gasteiger partial charge >= 0.3 is 0 Å². The summed E-state index contributed by atoms with van der Waals surface area (Å²) in [4.78, 5) is 6.42. The van der Waals surface area contributed by atoms with Gasteiger partial charge in [0.1, 0.15) is 0 Å². The zero-order valence-corrected chi connectivity index (χ0v) is 14.8. The third-order valence-electron chi connectivity index (χ3n) is 5.02. The number of rotatable bonds is 1. The zero-order valence-electron chi connectivity index (χ0n) is 14.8. The van der Waals surface area contributed by atoms with Crippen LogP contribution in [0.4, 0.5) is 0 Å². The maximum absolute atomic E-state index is 3.67. The minimum Gasteiger partial charge on any atom is -0.351 e. The van der Waals surface area contributed by atoms with E-state index in [4.69, 9.17) is 0 Å². The van der Waals surface area contributed by atoms with Crippen LogP contribution >= 0.6 is 0 Å². The van der Waals surface area contributed by atoms with Gasteiger partial charge in [0.15, 0.2) is 0 Å². The van der Waals surface area contributed by atoms with Crippen LogP contribution in [0.3, 0.4) is 0 Å². The topological polar surface area (TPSA) is 28.7 Å². The van der Waals surface area contributed by atoms with Crippen molar-refractivity contribution < 1.29 is 0 Å². The standard InChI is InChI=1S/C22H14.C3H4N2/c1-2-5-15(6-3-1)19-13-11-18-10-9-16-7-4-8-17-12-14-20(19)22(18)21(16)17;1-2-5-3-4-1/h1-14H;1-3H,(H,4,5). The highest BCUT2D eigenvalue weighted by Crippen LogP contribution is 2.38. The minimum atomic E-state index is 1.28. The van der Waals surface area contributed by atoms with Crippen LogP contribution in [0.1, 0.15) is 0 Å². The maximum Gasteiger partial charge on any atom is 0.0919 e. The van der Waals surface area contributed by atoms with Crippen LogP contribution < -0.4 is 0 Å². The van der Waals surface area contributed by atoms with E-state index >= 15 is 0 Å². The molecule has 0 saturated carbocycles. The van der Waals surface area contributed by atoms with Crippen molar-refractivity contribution in [2.24, 2.45) is 0 Å². The van der Waals surface area contributed by atoms with Crippen molar-refractivity contribution in [3.8, 4) is 11.1 Å². The van der Waals surface area contributed by atoms with Crippen molar-refractivity contribution in [3.63, 3.8) is 0 Å². The first-order chi connectivity index (χ1) is 13.4. The molecule has 0 aliphatic heterocycles. The molecule has 1 heterocycles. The fourth-order valence-electron chi connectivity index (χ4n) is 3.82. The number of hydrogen-bond acceptors (Lipinski definition) is 1. The highest BCUT2D eigenvalue weighted by atomic mass is 14.8. The average molecular weight is 346 g/mol. The predicted molar refractivity (Wildman–Crippen MR) is 114 cm³/mol. The van der Waals surface area contributed by atoms with Gasteiger partial charge in [-0.3, -0.25) is 0 Å². The number of hydrogen-bond donors (Lipinski definition) is 1. The summed E-state index contributed by atoms with van der Waals surface area (Å²) in [5, 5.41) is 8.07. The number of aromatic nitrogens is 2. The largest absolute Gasteiger partial charge is 0.351 e. The van der Waals surface area contributed by atoms with Crippen molar-refractivity contribution in [1.82, 2.24) is 9.97 Å². The van der Waals surface area contributed by atoms with Gasteiger partial charge in [0.2, 0.25) is 0 Å². The Morgan fingerprint density at radius 3 is 1.96 bits per heavy atom. The van der Waals surface area contributed by atoms with Crippen molar-refractivity contribution >= 4 is 32.3 Å². The lowest BCUT2D eigenvalue weighted by molar-refractivity contribution is 1.31. The summed E-state index contributed by atoms with van der Waals surface area (Å²) in [7, 11) is 0. The zero-order chi connectivity index (χ0) is 18.1. The summed E-state index contributed by atoms with van der Waals surface area (Å²) in [6.07, 6.45) is 5.08. The molecule has 0 fully saturated rings. The molecule has 0 amide bonds. The molecule has 1 N–H and O–H groups in total. The third-order valence-corrected chi connectivity index (χ3v) is 5.02. The summed E-state index contributed by atoms with van der Waals surface area (Å²) in [5.74, 6) is 0. The average Bonchev–Trinajstić information content (AvgIpc) is 3.33. The molecular weight excluding hydrogens is 328 g/mol. The molecule has 27 heavy (non-hydrogen) atoms. The lowest BCUT2D eigenvalue weighted by Crippen LogP contribution is -1.86. The molecule has 0 aliphatic rings. The molecule has 0 atom stereocenters. The predicted octanol–water partition coefficient (Wildman–Crippen LogP) is 6.66. The molecule has 2 heteroatoms.